The van der Waals surface area contributed by atoms with Crippen LogP contribution in [0.15, 0.2) is 0 Å². The van der Waals surface area contributed by atoms with Gasteiger partial charge in [0.25, 0.3) is 0 Å². The molecular weight excluding hydrogens is 262 g/mol. The highest BCUT2D eigenvalue weighted by Crippen LogP contribution is 2.07. The maximum absolute atomic E-state index is 12.2. The van der Waals surface area contributed by atoms with Crippen molar-refractivity contribution in [1.29, 1.82) is 0 Å². The summed E-state index contributed by atoms with van der Waals surface area (Å²) in [4.78, 5) is 27.5. The van der Waals surface area contributed by atoms with E-state index in [1.165, 1.54) is 6.92 Å². The van der Waals surface area contributed by atoms with Gasteiger partial charge in [0.15, 0.2) is 0 Å². The second-order valence-corrected chi connectivity index (χ2v) is 5.82. The Kier molecular flexibility index (Phi) is 6.65. The predicted octanol–water partition coefficient (Wildman–Crippen LogP) is 0.221. The highest BCUT2D eigenvalue weighted by molar-refractivity contribution is 7.80. The second kappa shape index (κ2) is 7.75. The molecule has 0 saturated carbocycles. The number of hydrogen-bond donors (Lipinski definition) is 2. The number of carbonyl (C=O) groups excluding carboxylic acids is 2. The van der Waals surface area contributed by atoms with Gasteiger partial charge in [-0.1, -0.05) is 13.8 Å². The van der Waals surface area contributed by atoms with Gasteiger partial charge in [-0.2, -0.15) is 12.6 Å². The minimum Gasteiger partial charge on any atom is -0.344 e. The monoisotopic (exact) mass is 287 g/mol. The molecule has 0 spiro atoms. The summed E-state index contributed by atoms with van der Waals surface area (Å²) in [5.41, 5.74) is 0. The predicted molar refractivity (Wildman–Crippen MR) is 79.3 cm³/mol. The van der Waals surface area contributed by atoms with E-state index in [0.29, 0.717) is 11.7 Å². The molecule has 1 rings (SSSR count). The second-order valence-electron chi connectivity index (χ2n) is 5.46. The summed E-state index contributed by atoms with van der Waals surface area (Å²) in [5, 5.41) is 2.65. The molecule has 0 radical (unpaired) electrons. The van der Waals surface area contributed by atoms with E-state index in [2.05, 4.69) is 36.7 Å². The molecule has 0 aromatic carbocycles. The molecular formula is C13H25N3O2S. The minimum absolute atomic E-state index is 0.0191. The van der Waals surface area contributed by atoms with Crippen molar-refractivity contribution in [3.63, 3.8) is 0 Å². The molecule has 1 atom stereocenters. The van der Waals surface area contributed by atoms with Crippen molar-refractivity contribution in [3.8, 4) is 0 Å². The van der Waals surface area contributed by atoms with Gasteiger partial charge in [-0.3, -0.25) is 14.5 Å². The number of amides is 2. The zero-order valence-electron chi connectivity index (χ0n) is 12.1. The van der Waals surface area contributed by atoms with Crippen LogP contribution in [0.1, 0.15) is 20.8 Å². The van der Waals surface area contributed by atoms with E-state index in [4.69, 9.17) is 0 Å². The van der Waals surface area contributed by atoms with Gasteiger partial charge in [-0.25, -0.2) is 0 Å². The lowest BCUT2D eigenvalue weighted by atomic mass is 10.2. The number of hydrogen-bond acceptors (Lipinski definition) is 4. The highest BCUT2D eigenvalue weighted by Gasteiger charge is 2.27. The Bertz CT molecular complexity index is 315. The number of piperazine rings is 1. The number of nitrogens with one attached hydrogen (secondary N) is 1. The van der Waals surface area contributed by atoms with Crippen LogP contribution in [-0.2, 0) is 9.59 Å². The first kappa shape index (κ1) is 16.3. The standard InChI is InChI=1S/C13H25N3O2S/c1-10(2)8-15-4-6-16(7-5-15)13(18)12(9-19)14-11(3)17/h10,12,19H,4-9H2,1-3H3,(H,14,17). The van der Waals surface area contributed by atoms with Gasteiger partial charge in [-0.15, -0.1) is 0 Å². The third kappa shape index (κ3) is 5.40. The fraction of sp³-hybridized carbons (Fsp3) is 0.846. The maximum Gasteiger partial charge on any atom is 0.246 e. The molecule has 0 aliphatic carbocycles. The lowest BCUT2D eigenvalue weighted by molar-refractivity contribution is -0.137. The number of nitrogens with zero attached hydrogens (tertiary/aromatic N) is 2. The molecule has 1 fully saturated rings. The fourth-order valence-electron chi connectivity index (χ4n) is 2.32. The molecule has 0 aromatic rings. The third-order valence-corrected chi connectivity index (χ3v) is 3.53. The van der Waals surface area contributed by atoms with Crippen LogP contribution in [0.25, 0.3) is 0 Å². The van der Waals surface area contributed by atoms with Crippen molar-refractivity contribution in [2.24, 2.45) is 5.92 Å². The molecule has 1 unspecified atom stereocenters. The average molecular weight is 287 g/mol. The molecule has 1 aliphatic rings. The lowest BCUT2D eigenvalue weighted by Gasteiger charge is -2.37. The molecule has 110 valence electrons. The van der Waals surface area contributed by atoms with Gasteiger partial charge in [-0.05, 0) is 5.92 Å². The highest BCUT2D eigenvalue weighted by atomic mass is 32.1. The molecule has 6 heteroatoms. The maximum atomic E-state index is 12.2. The first-order valence-electron chi connectivity index (χ1n) is 6.83. The van der Waals surface area contributed by atoms with Crippen LogP contribution in [0.3, 0.4) is 0 Å². The van der Waals surface area contributed by atoms with Crippen LogP contribution >= 0.6 is 12.6 Å². The molecule has 0 bridgehead atoms. The van der Waals surface area contributed by atoms with Crippen LogP contribution in [0.2, 0.25) is 0 Å². The first-order chi connectivity index (χ1) is 8.93. The summed E-state index contributed by atoms with van der Waals surface area (Å²) in [7, 11) is 0. The van der Waals surface area contributed by atoms with Crippen molar-refractivity contribution < 1.29 is 9.59 Å². The Morgan fingerprint density at radius 2 is 1.79 bits per heavy atom. The number of thiol groups is 1. The summed E-state index contributed by atoms with van der Waals surface area (Å²) in [6.07, 6.45) is 0. The number of rotatable bonds is 5. The largest absolute Gasteiger partial charge is 0.344 e. The zero-order chi connectivity index (χ0) is 14.4. The Labute approximate surface area is 121 Å². The van der Waals surface area contributed by atoms with Crippen molar-refractivity contribution in [1.82, 2.24) is 15.1 Å². The van der Waals surface area contributed by atoms with E-state index >= 15 is 0 Å². The molecule has 5 nitrogen and oxygen atoms in total. The zero-order valence-corrected chi connectivity index (χ0v) is 12.9. The topological polar surface area (TPSA) is 52.7 Å². The Hall–Kier alpha value is -0.750. The van der Waals surface area contributed by atoms with Gasteiger partial charge in [0.2, 0.25) is 11.8 Å². The SMILES string of the molecule is CC(=O)NC(CS)C(=O)N1CCN(CC(C)C)CC1. The quantitative estimate of drug-likeness (QED) is 0.711. The molecule has 1 heterocycles. The van der Waals surface area contributed by atoms with Gasteiger partial charge in [0.1, 0.15) is 6.04 Å². The van der Waals surface area contributed by atoms with Crippen LogP contribution in [-0.4, -0.2) is 66.1 Å². The van der Waals surface area contributed by atoms with Crippen LogP contribution in [0.5, 0.6) is 0 Å². The summed E-state index contributed by atoms with van der Waals surface area (Å²) < 4.78 is 0. The van der Waals surface area contributed by atoms with Crippen LogP contribution in [0, 0.1) is 5.92 Å². The Morgan fingerprint density at radius 1 is 1.21 bits per heavy atom. The van der Waals surface area contributed by atoms with E-state index in [1.54, 1.807) is 0 Å². The fourth-order valence-corrected chi connectivity index (χ4v) is 2.57. The Balaban J connectivity index is 2.45. The van der Waals surface area contributed by atoms with Gasteiger partial charge in [0.05, 0.1) is 0 Å². The lowest BCUT2D eigenvalue weighted by Crippen LogP contribution is -2.55. The third-order valence-electron chi connectivity index (χ3n) is 3.17. The van der Waals surface area contributed by atoms with Crippen LogP contribution in [0.4, 0.5) is 0 Å². The van der Waals surface area contributed by atoms with Crippen molar-refractivity contribution in [2.75, 3.05) is 38.5 Å². The van der Waals surface area contributed by atoms with Crippen molar-refractivity contribution in [2.45, 2.75) is 26.8 Å². The van der Waals surface area contributed by atoms with Gasteiger partial charge < -0.3 is 10.2 Å². The first-order valence-corrected chi connectivity index (χ1v) is 7.46. The van der Waals surface area contributed by atoms with Gasteiger partial charge in [0, 0.05) is 45.4 Å². The smallest absolute Gasteiger partial charge is 0.246 e. The summed E-state index contributed by atoms with van der Waals surface area (Å²) in [5.74, 6) is 0.775. The average Bonchev–Trinajstić information content (AvgIpc) is 2.35. The minimum atomic E-state index is -0.502. The van der Waals surface area contributed by atoms with Crippen LogP contribution < -0.4 is 5.32 Å². The summed E-state index contributed by atoms with van der Waals surface area (Å²) in [6.45, 7) is 10.2. The van der Waals surface area contributed by atoms with E-state index < -0.39 is 6.04 Å². The van der Waals surface area contributed by atoms with Crippen molar-refractivity contribution >= 4 is 24.4 Å². The van der Waals surface area contributed by atoms with E-state index in [0.717, 1.165) is 32.7 Å². The Morgan fingerprint density at radius 3 is 2.21 bits per heavy atom. The van der Waals surface area contributed by atoms with Gasteiger partial charge >= 0.3 is 0 Å². The molecule has 2 amide bonds. The van der Waals surface area contributed by atoms with E-state index in [-0.39, 0.29) is 11.8 Å². The van der Waals surface area contributed by atoms with Crippen molar-refractivity contribution in [3.05, 3.63) is 0 Å². The van der Waals surface area contributed by atoms with E-state index in [1.807, 2.05) is 4.90 Å². The summed E-state index contributed by atoms with van der Waals surface area (Å²) >= 11 is 4.14. The molecule has 0 aromatic heterocycles. The molecule has 19 heavy (non-hydrogen) atoms. The number of carbonyl (C=O) groups is 2. The molecule has 1 aliphatic heterocycles. The summed E-state index contributed by atoms with van der Waals surface area (Å²) in [6, 6.07) is -0.502. The van der Waals surface area contributed by atoms with E-state index in [9.17, 15) is 9.59 Å². The molecule has 1 saturated heterocycles. The molecule has 1 N–H and O–H groups in total. The normalized spacial score (nSPS) is 18.5.